The fraction of sp³-hybridized carbons (Fsp3) is 0.600. The maximum atomic E-state index is 12.6. The van der Waals surface area contributed by atoms with Crippen molar-refractivity contribution >= 4 is 10.0 Å². The van der Waals surface area contributed by atoms with Crippen molar-refractivity contribution in [2.75, 3.05) is 20.3 Å². The molecule has 1 saturated carbocycles. The molecule has 6 heteroatoms. The molecule has 1 heterocycles. The second-order valence-corrected chi connectivity index (χ2v) is 7.50. The number of aryl methyl sites for hydroxylation is 1. The Hall–Kier alpha value is -0.950. The lowest BCUT2D eigenvalue weighted by atomic mass is 9.68. The second kappa shape index (κ2) is 5.68. The Morgan fingerprint density at radius 2 is 2.14 bits per heavy atom. The summed E-state index contributed by atoms with van der Waals surface area (Å²) in [5.41, 5.74) is 0.756. The van der Waals surface area contributed by atoms with E-state index in [9.17, 15) is 8.42 Å². The van der Waals surface area contributed by atoms with Crippen molar-refractivity contribution in [3.8, 4) is 0 Å². The minimum absolute atomic E-state index is 0.0953. The van der Waals surface area contributed by atoms with E-state index in [1.165, 1.54) is 0 Å². The van der Waals surface area contributed by atoms with Crippen LogP contribution in [0.5, 0.6) is 0 Å². The lowest BCUT2D eigenvalue weighted by molar-refractivity contribution is -0.0775. The molecule has 2 aliphatic rings. The first-order valence-electron chi connectivity index (χ1n) is 7.23. The predicted molar refractivity (Wildman–Crippen MR) is 78.5 cm³/mol. The molecule has 0 unspecified atom stereocenters. The van der Waals surface area contributed by atoms with Gasteiger partial charge in [0.2, 0.25) is 10.0 Å². The van der Waals surface area contributed by atoms with Crippen molar-refractivity contribution in [3.63, 3.8) is 0 Å². The van der Waals surface area contributed by atoms with E-state index in [0.29, 0.717) is 18.1 Å². The normalized spacial score (nSPS) is 31.7. The van der Waals surface area contributed by atoms with E-state index in [1.807, 2.05) is 19.1 Å². The standard InChI is InChI=1S/C15H21NO4S/c1-10-5-3-4-6-13(10)21(17,18)16-14-11-7-8-20-15(11)12(14)9-19-2/h3-6,11-12,14-16H,7-9H2,1-2H3/t11-,12+,14+,15-/m0/s1. The maximum absolute atomic E-state index is 12.6. The Bertz CT molecular complexity index is 616. The van der Waals surface area contributed by atoms with Gasteiger partial charge in [-0.3, -0.25) is 0 Å². The predicted octanol–water partition coefficient (Wildman–Crippen LogP) is 1.32. The number of ether oxygens (including phenoxy) is 2. The summed E-state index contributed by atoms with van der Waals surface area (Å²) >= 11 is 0. The summed E-state index contributed by atoms with van der Waals surface area (Å²) in [6.07, 6.45) is 1.04. The molecule has 1 saturated heterocycles. The van der Waals surface area contributed by atoms with Gasteiger partial charge < -0.3 is 9.47 Å². The Kier molecular flexibility index (Phi) is 4.05. The van der Waals surface area contributed by atoms with E-state index in [-0.39, 0.29) is 24.0 Å². The van der Waals surface area contributed by atoms with Crippen LogP contribution in [0.1, 0.15) is 12.0 Å². The molecular weight excluding hydrogens is 290 g/mol. The topological polar surface area (TPSA) is 64.6 Å². The minimum Gasteiger partial charge on any atom is -0.384 e. The van der Waals surface area contributed by atoms with Gasteiger partial charge in [-0.1, -0.05) is 18.2 Å². The smallest absolute Gasteiger partial charge is 0.241 e. The highest BCUT2D eigenvalue weighted by atomic mass is 32.2. The summed E-state index contributed by atoms with van der Waals surface area (Å²) in [6, 6.07) is 6.94. The molecule has 0 amide bonds. The number of nitrogens with one attached hydrogen (secondary N) is 1. The summed E-state index contributed by atoms with van der Waals surface area (Å²) in [7, 11) is -1.87. The van der Waals surface area contributed by atoms with Gasteiger partial charge >= 0.3 is 0 Å². The zero-order valence-corrected chi connectivity index (χ0v) is 13.1. The van der Waals surface area contributed by atoms with Gasteiger partial charge in [0, 0.05) is 31.6 Å². The van der Waals surface area contributed by atoms with Gasteiger partial charge in [0.05, 0.1) is 17.6 Å². The summed E-state index contributed by atoms with van der Waals surface area (Å²) in [5.74, 6) is 0.366. The lowest BCUT2D eigenvalue weighted by Crippen LogP contribution is -2.62. The number of sulfonamides is 1. The third-order valence-corrected chi connectivity index (χ3v) is 6.18. The van der Waals surface area contributed by atoms with Crippen LogP contribution in [0, 0.1) is 18.8 Å². The van der Waals surface area contributed by atoms with E-state index >= 15 is 0 Å². The average Bonchev–Trinajstić information content (AvgIpc) is 2.87. The van der Waals surface area contributed by atoms with Gasteiger partial charge in [-0.15, -0.1) is 0 Å². The molecule has 4 atom stereocenters. The fourth-order valence-corrected chi connectivity index (χ4v) is 5.08. The molecule has 0 aromatic heterocycles. The van der Waals surface area contributed by atoms with Gasteiger partial charge in [-0.2, -0.15) is 0 Å². The van der Waals surface area contributed by atoms with Gasteiger partial charge in [-0.05, 0) is 25.0 Å². The van der Waals surface area contributed by atoms with Crippen LogP contribution < -0.4 is 4.72 Å². The number of methoxy groups -OCH3 is 1. The molecule has 1 aromatic rings. The molecule has 3 rings (SSSR count). The van der Waals surface area contributed by atoms with Gasteiger partial charge in [-0.25, -0.2) is 13.1 Å². The number of rotatable bonds is 5. The lowest BCUT2D eigenvalue weighted by Gasteiger charge is -2.47. The van der Waals surface area contributed by atoms with Crippen molar-refractivity contribution < 1.29 is 17.9 Å². The van der Waals surface area contributed by atoms with E-state index in [4.69, 9.17) is 9.47 Å². The van der Waals surface area contributed by atoms with Crippen LogP contribution in [0.2, 0.25) is 0 Å². The van der Waals surface area contributed by atoms with Crippen LogP contribution in [-0.4, -0.2) is 40.9 Å². The Morgan fingerprint density at radius 1 is 1.38 bits per heavy atom. The molecular formula is C15H21NO4S. The van der Waals surface area contributed by atoms with Crippen LogP contribution in [0.15, 0.2) is 29.2 Å². The maximum Gasteiger partial charge on any atom is 0.241 e. The quantitative estimate of drug-likeness (QED) is 0.891. The molecule has 1 aliphatic carbocycles. The van der Waals surface area contributed by atoms with E-state index in [2.05, 4.69) is 4.72 Å². The van der Waals surface area contributed by atoms with Crippen LogP contribution >= 0.6 is 0 Å². The third kappa shape index (κ3) is 2.61. The first-order valence-corrected chi connectivity index (χ1v) is 8.71. The number of fused-ring (bicyclic) bond motifs is 1. The second-order valence-electron chi connectivity index (χ2n) is 5.82. The Morgan fingerprint density at radius 3 is 2.86 bits per heavy atom. The molecule has 21 heavy (non-hydrogen) atoms. The summed E-state index contributed by atoms with van der Waals surface area (Å²) in [5, 5.41) is 0. The zero-order chi connectivity index (χ0) is 15.0. The third-order valence-electron chi connectivity index (χ3n) is 4.56. The van der Waals surface area contributed by atoms with Crippen molar-refractivity contribution in [3.05, 3.63) is 29.8 Å². The highest BCUT2D eigenvalue weighted by Gasteiger charge is 2.54. The van der Waals surface area contributed by atoms with E-state index in [1.54, 1.807) is 19.2 Å². The van der Waals surface area contributed by atoms with Crippen molar-refractivity contribution in [2.24, 2.45) is 11.8 Å². The largest absolute Gasteiger partial charge is 0.384 e. The zero-order valence-electron chi connectivity index (χ0n) is 12.3. The number of hydrogen-bond donors (Lipinski definition) is 1. The summed E-state index contributed by atoms with van der Waals surface area (Å²) in [4.78, 5) is 0.350. The molecule has 0 bridgehead atoms. The first kappa shape index (κ1) is 15.0. The van der Waals surface area contributed by atoms with Gasteiger partial charge in [0.15, 0.2) is 0 Å². The van der Waals surface area contributed by atoms with Crippen molar-refractivity contribution in [1.82, 2.24) is 4.72 Å². The van der Waals surface area contributed by atoms with Gasteiger partial charge in [0.25, 0.3) is 0 Å². The molecule has 1 aromatic carbocycles. The average molecular weight is 311 g/mol. The SMILES string of the molecule is COC[C@@H]1[C@H](NS(=O)(=O)c2ccccc2C)[C@@H]2CCO[C@H]12. The highest BCUT2D eigenvalue weighted by molar-refractivity contribution is 7.89. The minimum atomic E-state index is -3.50. The van der Waals surface area contributed by atoms with Crippen LogP contribution in [-0.2, 0) is 19.5 Å². The molecule has 1 N–H and O–H groups in total. The molecule has 0 spiro atoms. The monoisotopic (exact) mass is 311 g/mol. The summed E-state index contributed by atoms with van der Waals surface area (Å²) < 4.78 is 39.0. The number of benzene rings is 1. The van der Waals surface area contributed by atoms with Crippen LogP contribution in [0.25, 0.3) is 0 Å². The fourth-order valence-electron chi connectivity index (χ4n) is 3.50. The number of hydrogen-bond acceptors (Lipinski definition) is 4. The summed E-state index contributed by atoms with van der Waals surface area (Å²) in [6.45, 7) is 3.03. The van der Waals surface area contributed by atoms with E-state index < -0.39 is 10.0 Å². The Balaban J connectivity index is 1.80. The molecule has 2 fully saturated rings. The highest BCUT2D eigenvalue weighted by Crippen LogP contribution is 2.44. The van der Waals surface area contributed by atoms with Crippen molar-refractivity contribution in [1.29, 1.82) is 0 Å². The van der Waals surface area contributed by atoms with Crippen LogP contribution in [0.4, 0.5) is 0 Å². The van der Waals surface area contributed by atoms with Crippen LogP contribution in [0.3, 0.4) is 0 Å². The first-order chi connectivity index (χ1) is 10.0. The van der Waals surface area contributed by atoms with Gasteiger partial charge in [0.1, 0.15) is 0 Å². The molecule has 116 valence electrons. The van der Waals surface area contributed by atoms with E-state index in [0.717, 1.165) is 12.0 Å². The molecule has 1 aliphatic heterocycles. The van der Waals surface area contributed by atoms with Crippen molar-refractivity contribution in [2.45, 2.75) is 30.4 Å². The molecule has 0 radical (unpaired) electrons. The molecule has 5 nitrogen and oxygen atoms in total. The Labute approximate surface area is 125 Å².